The Hall–Kier alpha value is -1.55. The van der Waals surface area contributed by atoms with Crippen LogP contribution in [0.4, 0.5) is 5.69 Å². The number of nitrogens with one attached hydrogen (secondary N) is 1. The van der Waals surface area contributed by atoms with Gasteiger partial charge in [0.15, 0.2) is 0 Å². The summed E-state index contributed by atoms with van der Waals surface area (Å²) in [5.41, 5.74) is 7.10. The molecule has 1 saturated heterocycles. The molecule has 0 bridgehead atoms. The first-order valence-electron chi connectivity index (χ1n) is 4.96. The van der Waals surface area contributed by atoms with Crippen LogP contribution in [0.15, 0.2) is 24.3 Å². The smallest absolute Gasteiger partial charge is 0.221 e. The van der Waals surface area contributed by atoms with E-state index in [9.17, 15) is 4.79 Å². The van der Waals surface area contributed by atoms with Gasteiger partial charge in [-0.15, -0.1) is 0 Å². The Morgan fingerprint density at radius 2 is 2.20 bits per heavy atom. The Bertz CT molecular complexity index is 361. The third kappa shape index (κ3) is 2.47. The Morgan fingerprint density at radius 3 is 2.80 bits per heavy atom. The molecule has 1 aromatic carbocycles. The lowest BCUT2D eigenvalue weighted by Crippen LogP contribution is -2.40. The Morgan fingerprint density at radius 1 is 1.47 bits per heavy atom. The summed E-state index contributed by atoms with van der Waals surface area (Å²) in [6.45, 7) is 1.45. The number of ether oxygens (including phenoxy) is 1. The molecule has 0 spiro atoms. The number of amides is 1. The molecular weight excluding hydrogens is 192 g/mol. The SMILES string of the molecule is NC(=O)Cc1ccccc1NC1COC1. The van der Waals surface area contributed by atoms with Crippen LogP contribution in [-0.4, -0.2) is 25.2 Å². The first kappa shape index (κ1) is 9.98. The molecule has 4 heteroatoms. The highest BCUT2D eigenvalue weighted by Crippen LogP contribution is 2.18. The Labute approximate surface area is 88.4 Å². The van der Waals surface area contributed by atoms with Gasteiger partial charge in [-0.2, -0.15) is 0 Å². The van der Waals surface area contributed by atoms with Crippen molar-refractivity contribution in [2.75, 3.05) is 18.5 Å². The zero-order chi connectivity index (χ0) is 10.7. The van der Waals surface area contributed by atoms with Gasteiger partial charge >= 0.3 is 0 Å². The van der Waals surface area contributed by atoms with Crippen LogP contribution in [0, 0.1) is 0 Å². The fourth-order valence-corrected chi connectivity index (χ4v) is 1.54. The number of rotatable bonds is 4. The fraction of sp³-hybridized carbons (Fsp3) is 0.364. The zero-order valence-corrected chi connectivity index (χ0v) is 8.40. The standard InChI is InChI=1S/C11H14N2O2/c12-11(14)5-8-3-1-2-4-10(8)13-9-6-15-7-9/h1-4,9,13H,5-7H2,(H2,12,14). The van der Waals surface area contributed by atoms with Crippen molar-refractivity contribution in [3.05, 3.63) is 29.8 Å². The maximum absolute atomic E-state index is 10.9. The average Bonchev–Trinajstić information content (AvgIpc) is 2.13. The van der Waals surface area contributed by atoms with E-state index in [-0.39, 0.29) is 12.3 Å². The zero-order valence-electron chi connectivity index (χ0n) is 8.40. The monoisotopic (exact) mass is 206 g/mol. The van der Waals surface area contributed by atoms with Gasteiger partial charge in [-0.25, -0.2) is 0 Å². The summed E-state index contributed by atoms with van der Waals surface area (Å²) in [5.74, 6) is -0.311. The topological polar surface area (TPSA) is 64.4 Å². The van der Waals surface area contributed by atoms with Gasteiger partial charge < -0.3 is 15.8 Å². The summed E-state index contributed by atoms with van der Waals surface area (Å²) in [6, 6.07) is 8.06. The van der Waals surface area contributed by atoms with Gasteiger partial charge in [0.25, 0.3) is 0 Å². The lowest BCUT2D eigenvalue weighted by Gasteiger charge is -2.28. The van der Waals surface area contributed by atoms with Crippen LogP contribution >= 0.6 is 0 Å². The van der Waals surface area contributed by atoms with Gasteiger partial charge in [-0.1, -0.05) is 18.2 Å². The molecule has 1 amide bonds. The lowest BCUT2D eigenvalue weighted by molar-refractivity contribution is -0.117. The van der Waals surface area contributed by atoms with Gasteiger partial charge in [-0.3, -0.25) is 4.79 Å². The highest BCUT2D eigenvalue weighted by atomic mass is 16.5. The maximum Gasteiger partial charge on any atom is 0.221 e. The third-order valence-electron chi connectivity index (χ3n) is 2.38. The van der Waals surface area contributed by atoms with E-state index in [1.165, 1.54) is 0 Å². The normalized spacial score (nSPS) is 15.7. The molecular formula is C11H14N2O2. The first-order valence-corrected chi connectivity index (χ1v) is 4.96. The highest BCUT2D eigenvalue weighted by Gasteiger charge is 2.18. The Kier molecular flexibility index (Phi) is 2.87. The number of carbonyl (C=O) groups excluding carboxylic acids is 1. The predicted octanol–water partition coefficient (Wildman–Crippen LogP) is 0.525. The molecule has 0 radical (unpaired) electrons. The second-order valence-corrected chi connectivity index (χ2v) is 3.68. The number of carbonyl (C=O) groups is 1. The molecule has 0 aliphatic carbocycles. The van der Waals surface area contributed by atoms with E-state index in [0.29, 0.717) is 6.04 Å². The van der Waals surface area contributed by atoms with E-state index in [2.05, 4.69) is 5.32 Å². The molecule has 80 valence electrons. The van der Waals surface area contributed by atoms with Crippen molar-refractivity contribution in [3.63, 3.8) is 0 Å². The Balaban J connectivity index is 2.09. The van der Waals surface area contributed by atoms with Crippen molar-refractivity contribution in [2.45, 2.75) is 12.5 Å². The summed E-state index contributed by atoms with van der Waals surface area (Å²) >= 11 is 0. The predicted molar refractivity (Wildman–Crippen MR) is 57.6 cm³/mol. The van der Waals surface area contributed by atoms with Crippen LogP contribution in [0.2, 0.25) is 0 Å². The quantitative estimate of drug-likeness (QED) is 0.755. The number of primary amides is 1. The molecule has 1 fully saturated rings. The minimum absolute atomic E-state index is 0.275. The molecule has 1 aliphatic rings. The molecule has 15 heavy (non-hydrogen) atoms. The summed E-state index contributed by atoms with van der Waals surface area (Å²) in [7, 11) is 0. The lowest BCUT2D eigenvalue weighted by atomic mass is 10.1. The van der Waals surface area contributed by atoms with Crippen LogP contribution in [0.25, 0.3) is 0 Å². The van der Waals surface area contributed by atoms with E-state index in [1.807, 2.05) is 24.3 Å². The van der Waals surface area contributed by atoms with Crippen molar-refractivity contribution >= 4 is 11.6 Å². The molecule has 1 heterocycles. The van der Waals surface area contributed by atoms with E-state index in [1.54, 1.807) is 0 Å². The minimum Gasteiger partial charge on any atom is -0.377 e. The van der Waals surface area contributed by atoms with Gasteiger partial charge in [0.1, 0.15) is 0 Å². The van der Waals surface area contributed by atoms with E-state index in [0.717, 1.165) is 24.5 Å². The van der Waals surface area contributed by atoms with Gasteiger partial charge in [-0.05, 0) is 11.6 Å². The molecule has 0 saturated carbocycles. The van der Waals surface area contributed by atoms with Crippen LogP contribution in [-0.2, 0) is 16.0 Å². The number of nitrogens with two attached hydrogens (primary N) is 1. The fourth-order valence-electron chi connectivity index (χ4n) is 1.54. The van der Waals surface area contributed by atoms with E-state index in [4.69, 9.17) is 10.5 Å². The van der Waals surface area contributed by atoms with Crippen molar-refractivity contribution in [3.8, 4) is 0 Å². The van der Waals surface area contributed by atoms with Crippen LogP contribution in [0.5, 0.6) is 0 Å². The highest BCUT2D eigenvalue weighted by molar-refractivity contribution is 5.78. The summed E-state index contributed by atoms with van der Waals surface area (Å²) in [6.07, 6.45) is 0.275. The number of anilines is 1. The average molecular weight is 206 g/mol. The maximum atomic E-state index is 10.9. The van der Waals surface area contributed by atoms with E-state index < -0.39 is 0 Å². The first-order chi connectivity index (χ1) is 7.25. The van der Waals surface area contributed by atoms with Crippen molar-refractivity contribution in [1.29, 1.82) is 0 Å². The summed E-state index contributed by atoms with van der Waals surface area (Å²) in [4.78, 5) is 10.9. The molecule has 0 aromatic heterocycles. The number of benzene rings is 1. The summed E-state index contributed by atoms with van der Waals surface area (Å²) < 4.78 is 5.07. The van der Waals surface area contributed by atoms with Crippen LogP contribution in [0.1, 0.15) is 5.56 Å². The molecule has 1 aromatic rings. The molecule has 3 N–H and O–H groups in total. The van der Waals surface area contributed by atoms with Crippen LogP contribution in [0.3, 0.4) is 0 Å². The van der Waals surface area contributed by atoms with Gasteiger partial charge in [0.05, 0.1) is 25.7 Å². The van der Waals surface area contributed by atoms with Crippen LogP contribution < -0.4 is 11.1 Å². The van der Waals surface area contributed by atoms with Gasteiger partial charge in [0.2, 0.25) is 5.91 Å². The van der Waals surface area contributed by atoms with Crippen molar-refractivity contribution in [1.82, 2.24) is 0 Å². The van der Waals surface area contributed by atoms with Gasteiger partial charge in [0, 0.05) is 5.69 Å². The molecule has 1 aliphatic heterocycles. The number of para-hydroxylation sites is 1. The molecule has 0 atom stereocenters. The molecule has 4 nitrogen and oxygen atoms in total. The minimum atomic E-state index is -0.311. The van der Waals surface area contributed by atoms with E-state index >= 15 is 0 Å². The number of hydrogen-bond donors (Lipinski definition) is 2. The van der Waals surface area contributed by atoms with Crippen molar-refractivity contribution in [2.24, 2.45) is 5.73 Å². The molecule has 2 rings (SSSR count). The summed E-state index contributed by atoms with van der Waals surface area (Å²) in [5, 5.41) is 3.32. The van der Waals surface area contributed by atoms with Crippen molar-refractivity contribution < 1.29 is 9.53 Å². The third-order valence-corrected chi connectivity index (χ3v) is 2.38. The molecule has 0 unspecified atom stereocenters. The largest absolute Gasteiger partial charge is 0.377 e. The second-order valence-electron chi connectivity index (χ2n) is 3.68. The second kappa shape index (κ2) is 4.31. The number of hydrogen-bond acceptors (Lipinski definition) is 3.